The summed E-state index contributed by atoms with van der Waals surface area (Å²) in [7, 11) is -3.52. The van der Waals surface area contributed by atoms with Gasteiger partial charge in [-0.15, -0.1) is 0 Å². The number of rotatable bonds is 6. The summed E-state index contributed by atoms with van der Waals surface area (Å²) in [6, 6.07) is 19.1. The minimum atomic E-state index is -3.52. The Hall–Kier alpha value is -1.41. The molecule has 0 bridgehead atoms. The van der Waals surface area contributed by atoms with Crippen molar-refractivity contribution in [3.8, 4) is 0 Å². The average molecular weight is 276 g/mol. The van der Waals surface area contributed by atoms with Gasteiger partial charge in [0.1, 0.15) is 0 Å². The SMILES string of the molecule is O=P(O)(CCc1ccccc1)OCc1ccccc1. The van der Waals surface area contributed by atoms with Crippen molar-refractivity contribution in [2.45, 2.75) is 13.0 Å². The van der Waals surface area contributed by atoms with Crippen molar-refractivity contribution in [3.05, 3.63) is 71.8 Å². The van der Waals surface area contributed by atoms with Crippen molar-refractivity contribution in [2.75, 3.05) is 6.16 Å². The van der Waals surface area contributed by atoms with Gasteiger partial charge in [0, 0.05) is 0 Å². The van der Waals surface area contributed by atoms with E-state index in [4.69, 9.17) is 4.52 Å². The second-order valence-corrected chi connectivity index (χ2v) is 6.34. The molecule has 19 heavy (non-hydrogen) atoms. The molecule has 0 fully saturated rings. The zero-order valence-electron chi connectivity index (χ0n) is 10.6. The highest BCUT2D eigenvalue weighted by Gasteiger charge is 2.18. The van der Waals surface area contributed by atoms with Gasteiger partial charge in [0.05, 0.1) is 12.8 Å². The van der Waals surface area contributed by atoms with Gasteiger partial charge in [-0.3, -0.25) is 4.57 Å². The molecule has 0 saturated heterocycles. The van der Waals surface area contributed by atoms with Gasteiger partial charge in [0.25, 0.3) is 0 Å². The molecular weight excluding hydrogens is 259 g/mol. The molecule has 0 aliphatic heterocycles. The van der Waals surface area contributed by atoms with Gasteiger partial charge in [-0.25, -0.2) is 0 Å². The molecule has 0 aromatic heterocycles. The average Bonchev–Trinajstić information content (AvgIpc) is 2.46. The fraction of sp³-hybridized carbons (Fsp3) is 0.200. The molecule has 1 unspecified atom stereocenters. The molecule has 2 aromatic carbocycles. The maximum atomic E-state index is 11.9. The van der Waals surface area contributed by atoms with Crippen LogP contribution >= 0.6 is 7.60 Å². The summed E-state index contributed by atoms with van der Waals surface area (Å²) in [5.41, 5.74) is 1.94. The van der Waals surface area contributed by atoms with Crippen LogP contribution in [0.3, 0.4) is 0 Å². The van der Waals surface area contributed by atoms with Gasteiger partial charge >= 0.3 is 7.60 Å². The number of aryl methyl sites for hydroxylation is 1. The summed E-state index contributed by atoms with van der Waals surface area (Å²) >= 11 is 0. The van der Waals surface area contributed by atoms with Gasteiger partial charge in [-0.05, 0) is 17.5 Å². The van der Waals surface area contributed by atoms with E-state index in [1.165, 1.54) is 0 Å². The van der Waals surface area contributed by atoms with Crippen LogP contribution in [0.1, 0.15) is 11.1 Å². The van der Waals surface area contributed by atoms with Crippen LogP contribution in [0.25, 0.3) is 0 Å². The molecule has 4 heteroatoms. The van der Waals surface area contributed by atoms with Crippen molar-refractivity contribution in [1.82, 2.24) is 0 Å². The number of hydrogen-bond donors (Lipinski definition) is 1. The second kappa shape index (κ2) is 6.67. The summed E-state index contributed by atoms with van der Waals surface area (Å²) in [5.74, 6) is 0. The van der Waals surface area contributed by atoms with Crippen molar-refractivity contribution < 1.29 is 14.0 Å². The van der Waals surface area contributed by atoms with Crippen molar-refractivity contribution in [3.63, 3.8) is 0 Å². The fourth-order valence-electron chi connectivity index (χ4n) is 1.73. The van der Waals surface area contributed by atoms with Crippen molar-refractivity contribution in [1.29, 1.82) is 0 Å². The third kappa shape index (κ3) is 4.99. The molecule has 3 nitrogen and oxygen atoms in total. The van der Waals surface area contributed by atoms with E-state index >= 15 is 0 Å². The van der Waals surface area contributed by atoms with E-state index in [1.54, 1.807) is 0 Å². The van der Waals surface area contributed by atoms with E-state index < -0.39 is 7.60 Å². The van der Waals surface area contributed by atoms with Crippen LogP contribution in [0.5, 0.6) is 0 Å². The Morgan fingerprint density at radius 1 is 0.895 bits per heavy atom. The Bertz CT molecular complexity index is 492. The minimum absolute atomic E-state index is 0.143. The second-order valence-electron chi connectivity index (χ2n) is 4.36. The third-order valence-electron chi connectivity index (χ3n) is 2.80. The summed E-state index contributed by atoms with van der Waals surface area (Å²) in [6.07, 6.45) is 0.688. The lowest BCUT2D eigenvalue weighted by Gasteiger charge is -2.12. The topological polar surface area (TPSA) is 46.5 Å². The van der Waals surface area contributed by atoms with Crippen LogP contribution in [0.15, 0.2) is 60.7 Å². The summed E-state index contributed by atoms with van der Waals surface area (Å²) in [4.78, 5) is 9.77. The van der Waals surface area contributed by atoms with Gasteiger partial charge < -0.3 is 9.42 Å². The zero-order valence-corrected chi connectivity index (χ0v) is 11.5. The summed E-state index contributed by atoms with van der Waals surface area (Å²) in [6.45, 7) is 0.170. The summed E-state index contributed by atoms with van der Waals surface area (Å²) < 4.78 is 17.0. The first-order chi connectivity index (χ1) is 9.16. The highest BCUT2D eigenvalue weighted by atomic mass is 31.2. The monoisotopic (exact) mass is 276 g/mol. The van der Waals surface area contributed by atoms with E-state index in [0.29, 0.717) is 6.42 Å². The first kappa shape index (κ1) is 14.0. The van der Waals surface area contributed by atoms with Crippen molar-refractivity contribution >= 4 is 7.60 Å². The minimum Gasteiger partial charge on any atom is -0.324 e. The van der Waals surface area contributed by atoms with E-state index in [9.17, 15) is 9.46 Å². The Kier molecular flexibility index (Phi) is 4.92. The van der Waals surface area contributed by atoms with E-state index in [1.807, 2.05) is 60.7 Å². The predicted octanol–water partition coefficient (Wildman–Crippen LogP) is 3.63. The molecule has 0 amide bonds. The predicted molar refractivity (Wildman–Crippen MR) is 76.1 cm³/mol. The van der Waals surface area contributed by atoms with E-state index in [0.717, 1.165) is 11.1 Å². The maximum absolute atomic E-state index is 11.9. The highest BCUT2D eigenvalue weighted by Crippen LogP contribution is 2.43. The maximum Gasteiger partial charge on any atom is 0.328 e. The Morgan fingerprint density at radius 3 is 2.00 bits per heavy atom. The highest BCUT2D eigenvalue weighted by molar-refractivity contribution is 7.52. The largest absolute Gasteiger partial charge is 0.328 e. The standard InChI is InChI=1S/C15H17O3P/c16-19(17,12-11-14-7-3-1-4-8-14)18-13-15-9-5-2-6-10-15/h1-10H,11-13H2,(H,16,17). The first-order valence-electron chi connectivity index (χ1n) is 6.20. The molecule has 0 aliphatic rings. The molecule has 1 N–H and O–H groups in total. The molecule has 0 heterocycles. The van der Waals surface area contributed by atoms with Gasteiger partial charge in [-0.1, -0.05) is 60.7 Å². The van der Waals surface area contributed by atoms with Crippen molar-refractivity contribution in [2.24, 2.45) is 0 Å². The Labute approximate surface area is 113 Å². The Balaban J connectivity index is 1.84. The van der Waals surface area contributed by atoms with Crippen LogP contribution < -0.4 is 0 Å². The Morgan fingerprint density at radius 2 is 1.42 bits per heavy atom. The molecule has 0 radical (unpaired) electrons. The normalized spacial score (nSPS) is 13.9. The first-order valence-corrected chi connectivity index (χ1v) is 7.96. The molecular formula is C15H17O3P. The molecule has 0 saturated carbocycles. The molecule has 2 aromatic rings. The molecule has 100 valence electrons. The van der Waals surface area contributed by atoms with E-state index in [-0.39, 0.29) is 12.8 Å². The molecule has 0 aliphatic carbocycles. The molecule has 2 rings (SSSR count). The van der Waals surface area contributed by atoms with Crippen LogP contribution in [-0.4, -0.2) is 11.1 Å². The van der Waals surface area contributed by atoms with Gasteiger partial charge in [0.15, 0.2) is 0 Å². The smallest absolute Gasteiger partial charge is 0.324 e. The summed E-state index contributed by atoms with van der Waals surface area (Å²) in [5, 5.41) is 0. The lowest BCUT2D eigenvalue weighted by molar-refractivity contribution is 0.250. The van der Waals surface area contributed by atoms with Crippen LogP contribution in [0.2, 0.25) is 0 Å². The zero-order chi connectivity index (χ0) is 13.6. The van der Waals surface area contributed by atoms with E-state index in [2.05, 4.69) is 0 Å². The lowest BCUT2D eigenvalue weighted by atomic mass is 10.2. The van der Waals surface area contributed by atoms with Gasteiger partial charge in [-0.2, -0.15) is 0 Å². The number of hydrogen-bond acceptors (Lipinski definition) is 2. The lowest BCUT2D eigenvalue weighted by Crippen LogP contribution is -1.99. The van der Waals surface area contributed by atoms with Crippen LogP contribution in [-0.2, 0) is 22.1 Å². The molecule has 0 spiro atoms. The van der Waals surface area contributed by atoms with Gasteiger partial charge in [0.2, 0.25) is 0 Å². The quantitative estimate of drug-likeness (QED) is 0.819. The van der Waals surface area contributed by atoms with Crippen LogP contribution in [0.4, 0.5) is 0 Å². The number of benzene rings is 2. The third-order valence-corrected chi connectivity index (χ3v) is 4.12. The van der Waals surface area contributed by atoms with Crippen LogP contribution in [0, 0.1) is 0 Å². The molecule has 1 atom stereocenters. The fourth-order valence-corrected chi connectivity index (χ4v) is 2.75.